The number of fused-ring (bicyclic) bond motifs is 1. The molecule has 3 rings (SSSR count). The van der Waals surface area contributed by atoms with Gasteiger partial charge in [-0.25, -0.2) is 9.44 Å². The Hall–Kier alpha value is -1.27. The molecule has 1 atom stereocenters. The molecule has 0 aliphatic heterocycles. The van der Waals surface area contributed by atoms with Gasteiger partial charge in [-0.05, 0) is 61.0 Å². The zero-order valence-corrected chi connectivity index (χ0v) is 19.8. The Balaban J connectivity index is 0.000000791. The number of aromatic nitrogens is 4. The fourth-order valence-corrected chi connectivity index (χ4v) is 3.92. The van der Waals surface area contributed by atoms with Crippen molar-refractivity contribution >= 4 is 45.1 Å². The van der Waals surface area contributed by atoms with E-state index in [9.17, 15) is 0 Å². The minimum Gasteiger partial charge on any atom is -0.382 e. The Labute approximate surface area is 171 Å². The zero-order valence-electron chi connectivity index (χ0n) is 16.6. The highest BCUT2D eigenvalue weighted by Crippen LogP contribution is 2.31. The number of anilines is 1. The van der Waals surface area contributed by atoms with Gasteiger partial charge < -0.3 is 5.32 Å². The molecule has 0 fully saturated rings. The first-order chi connectivity index (χ1) is 12.6. The summed E-state index contributed by atoms with van der Waals surface area (Å²) in [5.74, 6) is 0. The highest BCUT2D eigenvalue weighted by molar-refractivity contribution is 14.2. The lowest BCUT2D eigenvalue weighted by molar-refractivity contribution is 0.898. The summed E-state index contributed by atoms with van der Waals surface area (Å²) in [5, 5.41) is 7.90. The van der Waals surface area contributed by atoms with Crippen LogP contribution in [0.4, 0.5) is 5.69 Å². The van der Waals surface area contributed by atoms with Crippen molar-refractivity contribution in [2.45, 2.75) is 54.5 Å². The van der Waals surface area contributed by atoms with E-state index in [-0.39, 0.29) is 0 Å². The SMILES string of the molecule is CC.CC.Cc1nn(PI)c2ccc(-c3cncc(NC(C)C)c3)nc12. The van der Waals surface area contributed by atoms with Gasteiger partial charge in [0.05, 0.1) is 29.0 Å². The van der Waals surface area contributed by atoms with Gasteiger partial charge in [-0.1, -0.05) is 27.7 Å². The van der Waals surface area contributed by atoms with E-state index < -0.39 is 0 Å². The summed E-state index contributed by atoms with van der Waals surface area (Å²) in [7, 11) is 0. The summed E-state index contributed by atoms with van der Waals surface area (Å²) in [6.07, 6.45) is 4.26. The van der Waals surface area contributed by atoms with Gasteiger partial charge in [0.25, 0.3) is 0 Å². The summed E-state index contributed by atoms with van der Waals surface area (Å²) in [4.78, 5) is 9.10. The first-order valence-corrected chi connectivity index (χ1v) is 13.1. The van der Waals surface area contributed by atoms with Crippen molar-refractivity contribution in [2.75, 3.05) is 5.32 Å². The van der Waals surface area contributed by atoms with Crippen LogP contribution in [0.2, 0.25) is 0 Å². The van der Waals surface area contributed by atoms with Gasteiger partial charge in [0.2, 0.25) is 0 Å². The van der Waals surface area contributed by atoms with Crippen LogP contribution in [-0.2, 0) is 0 Å². The molecular weight excluding hydrogens is 456 g/mol. The second kappa shape index (κ2) is 11.4. The highest BCUT2D eigenvalue weighted by Gasteiger charge is 2.10. The quantitative estimate of drug-likeness (QED) is 0.340. The Morgan fingerprint density at radius 3 is 2.42 bits per heavy atom. The molecule has 0 saturated carbocycles. The number of pyridine rings is 2. The average molecular weight is 485 g/mol. The van der Waals surface area contributed by atoms with Gasteiger partial charge in [-0.15, -0.1) is 0 Å². The molecule has 0 bridgehead atoms. The molecule has 1 unspecified atom stereocenters. The Kier molecular flexibility index (Phi) is 10.0. The van der Waals surface area contributed by atoms with Crippen LogP contribution in [0.25, 0.3) is 22.3 Å². The lowest BCUT2D eigenvalue weighted by atomic mass is 10.1. The smallest absolute Gasteiger partial charge is 0.112 e. The van der Waals surface area contributed by atoms with E-state index in [1.807, 2.05) is 57.5 Å². The van der Waals surface area contributed by atoms with E-state index in [1.54, 1.807) is 0 Å². The second-order valence-corrected chi connectivity index (χ2v) is 7.45. The lowest BCUT2D eigenvalue weighted by Gasteiger charge is -2.10. The maximum Gasteiger partial charge on any atom is 0.112 e. The maximum atomic E-state index is 4.78. The van der Waals surface area contributed by atoms with Crippen molar-refractivity contribution < 1.29 is 0 Å². The highest BCUT2D eigenvalue weighted by atomic mass is 127. The summed E-state index contributed by atoms with van der Waals surface area (Å²) < 4.78 is 2.00. The van der Waals surface area contributed by atoms with Gasteiger partial charge in [-0.2, -0.15) is 5.10 Å². The van der Waals surface area contributed by atoms with Crippen LogP contribution in [0, 0.1) is 6.92 Å². The molecule has 5 nitrogen and oxygen atoms in total. The van der Waals surface area contributed by atoms with Crippen molar-refractivity contribution in [3.63, 3.8) is 0 Å². The fraction of sp³-hybridized carbons (Fsp3) is 0.421. The molecule has 3 heterocycles. The Bertz CT molecular complexity index is 817. The van der Waals surface area contributed by atoms with Crippen molar-refractivity contribution in [2.24, 2.45) is 0 Å². The van der Waals surface area contributed by atoms with Crippen LogP contribution in [0.3, 0.4) is 0 Å². The Morgan fingerprint density at radius 1 is 1.12 bits per heavy atom. The summed E-state index contributed by atoms with van der Waals surface area (Å²) in [6, 6.07) is 6.58. The third-order valence-electron chi connectivity index (χ3n) is 3.26. The van der Waals surface area contributed by atoms with Crippen molar-refractivity contribution in [3.8, 4) is 11.3 Å². The molecule has 0 aliphatic carbocycles. The number of nitrogens with one attached hydrogen (secondary N) is 1. The summed E-state index contributed by atoms with van der Waals surface area (Å²) in [6.45, 7) is 14.2. The molecule has 3 aromatic rings. The van der Waals surface area contributed by atoms with Crippen LogP contribution < -0.4 is 5.32 Å². The van der Waals surface area contributed by atoms with Gasteiger partial charge >= 0.3 is 0 Å². The Morgan fingerprint density at radius 2 is 1.81 bits per heavy atom. The predicted octanol–water partition coefficient (Wildman–Crippen LogP) is 6.47. The number of hydrogen-bond acceptors (Lipinski definition) is 4. The van der Waals surface area contributed by atoms with E-state index >= 15 is 0 Å². The zero-order chi connectivity index (χ0) is 19.7. The largest absolute Gasteiger partial charge is 0.382 e. The van der Waals surface area contributed by atoms with Crippen molar-refractivity contribution in [1.82, 2.24) is 19.5 Å². The van der Waals surface area contributed by atoms with E-state index in [0.29, 0.717) is 12.4 Å². The molecule has 0 amide bonds. The van der Waals surface area contributed by atoms with Gasteiger partial charge in [0, 0.05) is 24.0 Å². The molecule has 142 valence electrons. The number of rotatable bonds is 4. The second-order valence-electron chi connectivity index (χ2n) is 5.41. The summed E-state index contributed by atoms with van der Waals surface area (Å²) >= 11 is 2.33. The lowest BCUT2D eigenvalue weighted by Crippen LogP contribution is -2.09. The van der Waals surface area contributed by atoms with Crippen LogP contribution in [-0.4, -0.2) is 25.6 Å². The maximum absolute atomic E-state index is 4.78. The van der Waals surface area contributed by atoms with Gasteiger partial charge in [0.1, 0.15) is 5.52 Å². The molecule has 26 heavy (non-hydrogen) atoms. The monoisotopic (exact) mass is 485 g/mol. The number of hydrogen-bond donors (Lipinski definition) is 1. The van der Waals surface area contributed by atoms with E-state index in [0.717, 1.165) is 33.7 Å². The van der Waals surface area contributed by atoms with E-state index in [1.165, 1.54) is 0 Å². The predicted molar refractivity (Wildman–Crippen MR) is 125 cm³/mol. The molecule has 0 saturated heterocycles. The minimum absolute atomic E-state index is 0.373. The third kappa shape index (κ3) is 5.61. The normalized spacial score (nSPS) is 10.5. The first kappa shape index (κ1) is 22.8. The van der Waals surface area contributed by atoms with Crippen LogP contribution in [0.15, 0.2) is 30.6 Å². The molecule has 0 spiro atoms. The molecule has 0 aliphatic rings. The summed E-state index contributed by atoms with van der Waals surface area (Å²) in [5.41, 5.74) is 5.95. The number of aryl methyl sites for hydroxylation is 1. The van der Waals surface area contributed by atoms with Crippen molar-refractivity contribution in [1.29, 1.82) is 0 Å². The van der Waals surface area contributed by atoms with Crippen molar-refractivity contribution in [3.05, 3.63) is 36.3 Å². The molecule has 3 aromatic heterocycles. The van der Waals surface area contributed by atoms with Gasteiger partial charge in [0.15, 0.2) is 0 Å². The van der Waals surface area contributed by atoms with Crippen LogP contribution in [0.1, 0.15) is 47.2 Å². The standard InChI is InChI=1S/C15H17IN5P.2C2H6/c1-9(2)18-12-6-11(7-17-8-12)13-4-5-14-15(19-13)10(3)20-21(14)22-16;2*1-2/h4-9,18,22H,1-3H3;2*1-2H3. The fourth-order valence-electron chi connectivity index (χ4n) is 2.36. The molecule has 0 radical (unpaired) electrons. The van der Waals surface area contributed by atoms with Gasteiger partial charge in [-0.3, -0.25) is 4.98 Å². The minimum atomic E-state index is 0.373. The molecule has 0 aromatic carbocycles. The van der Waals surface area contributed by atoms with Crippen LogP contribution in [0.5, 0.6) is 0 Å². The topological polar surface area (TPSA) is 55.6 Å². The first-order valence-electron chi connectivity index (χ1n) is 9.03. The number of halogens is 1. The molecule has 7 heteroatoms. The number of nitrogens with zero attached hydrogens (tertiary/aromatic N) is 4. The molecule has 1 N–H and O–H groups in total. The van der Waals surface area contributed by atoms with E-state index in [2.05, 4.69) is 63.4 Å². The molecular formula is C19H29IN5P. The third-order valence-corrected chi connectivity index (χ3v) is 5.14. The average Bonchev–Trinajstić information content (AvgIpc) is 3.00. The van der Waals surface area contributed by atoms with E-state index in [4.69, 9.17) is 4.98 Å². The van der Waals surface area contributed by atoms with Crippen LogP contribution >= 0.6 is 28.4 Å².